The van der Waals surface area contributed by atoms with Crippen LogP contribution in [0.3, 0.4) is 0 Å². The SMILES string of the molecule is COc1ccccc1CN=C(NOC(C)=O)Nc1ccc(-c2ccc(F)cc2)cn1. The minimum absolute atomic E-state index is 0.207. The van der Waals surface area contributed by atoms with Crippen LogP contribution in [0.25, 0.3) is 11.1 Å². The molecule has 2 aromatic carbocycles. The zero-order valence-electron chi connectivity index (χ0n) is 16.6. The van der Waals surface area contributed by atoms with E-state index in [-0.39, 0.29) is 18.3 Å². The van der Waals surface area contributed by atoms with Gasteiger partial charge in [0.2, 0.25) is 5.96 Å². The number of hydrogen-bond donors (Lipinski definition) is 2. The van der Waals surface area contributed by atoms with Crippen molar-refractivity contribution >= 4 is 17.7 Å². The lowest BCUT2D eigenvalue weighted by Crippen LogP contribution is -2.32. The summed E-state index contributed by atoms with van der Waals surface area (Å²) in [5, 5.41) is 2.98. The number of methoxy groups -OCH3 is 1. The van der Waals surface area contributed by atoms with Crippen molar-refractivity contribution in [2.24, 2.45) is 4.99 Å². The third-order valence-corrected chi connectivity index (χ3v) is 4.08. The van der Waals surface area contributed by atoms with Gasteiger partial charge in [-0.3, -0.25) is 4.79 Å². The lowest BCUT2D eigenvalue weighted by molar-refractivity contribution is -0.145. The predicted molar refractivity (Wildman–Crippen MR) is 112 cm³/mol. The molecule has 0 saturated heterocycles. The average molecular weight is 408 g/mol. The van der Waals surface area contributed by atoms with Crippen molar-refractivity contribution in [2.45, 2.75) is 13.5 Å². The number of pyridine rings is 1. The standard InChI is InChI=1S/C22H21FN4O3/c1-15(28)30-27-22(25-14-18-5-3-4-6-20(18)29-2)26-21-12-9-17(13-24-21)16-7-10-19(23)11-8-16/h3-13H,14H2,1-2H3,(H2,24,25,26,27). The Hall–Kier alpha value is -3.94. The van der Waals surface area contributed by atoms with E-state index in [0.717, 1.165) is 16.7 Å². The highest BCUT2D eigenvalue weighted by Gasteiger charge is 2.07. The van der Waals surface area contributed by atoms with E-state index >= 15 is 0 Å². The van der Waals surface area contributed by atoms with Crippen LogP contribution in [0.2, 0.25) is 0 Å². The third-order valence-electron chi connectivity index (χ3n) is 4.08. The Labute approximate surface area is 173 Å². The number of anilines is 1. The normalized spacial score (nSPS) is 11.0. The Kier molecular flexibility index (Phi) is 6.94. The molecule has 0 unspecified atom stereocenters. The number of nitrogens with zero attached hydrogens (tertiary/aromatic N) is 2. The highest BCUT2D eigenvalue weighted by atomic mass is 19.1. The van der Waals surface area contributed by atoms with Crippen LogP contribution in [0, 0.1) is 5.82 Å². The third kappa shape index (κ3) is 5.78. The second-order valence-electron chi connectivity index (χ2n) is 6.24. The molecule has 7 nitrogen and oxygen atoms in total. The Bertz CT molecular complexity index is 1020. The molecule has 3 rings (SSSR count). The Morgan fingerprint density at radius 3 is 2.47 bits per heavy atom. The molecule has 0 fully saturated rings. The van der Waals surface area contributed by atoms with Gasteiger partial charge in [0, 0.05) is 24.2 Å². The number of rotatable bonds is 5. The number of ether oxygens (including phenoxy) is 1. The maximum absolute atomic E-state index is 13.1. The molecule has 0 spiro atoms. The fraction of sp³-hybridized carbons (Fsp3) is 0.136. The number of carbonyl (C=O) groups is 1. The lowest BCUT2D eigenvalue weighted by Gasteiger charge is -2.12. The van der Waals surface area contributed by atoms with E-state index in [0.29, 0.717) is 11.6 Å². The van der Waals surface area contributed by atoms with Crippen LogP contribution < -0.4 is 15.5 Å². The summed E-state index contributed by atoms with van der Waals surface area (Å²) in [5.41, 5.74) is 5.04. The Balaban J connectivity index is 1.75. The number of guanidine groups is 1. The van der Waals surface area contributed by atoms with Gasteiger partial charge in [-0.25, -0.2) is 14.4 Å². The van der Waals surface area contributed by atoms with Crippen molar-refractivity contribution in [1.29, 1.82) is 0 Å². The molecule has 1 heterocycles. The van der Waals surface area contributed by atoms with Crippen LogP contribution in [-0.4, -0.2) is 24.0 Å². The molecule has 0 aliphatic heterocycles. The van der Waals surface area contributed by atoms with Crippen LogP contribution >= 0.6 is 0 Å². The summed E-state index contributed by atoms with van der Waals surface area (Å²) in [7, 11) is 1.59. The second kappa shape index (κ2) is 10.0. The van der Waals surface area contributed by atoms with Gasteiger partial charge in [0.25, 0.3) is 0 Å². The largest absolute Gasteiger partial charge is 0.496 e. The number of hydrogen-bond acceptors (Lipinski definition) is 5. The first-order valence-electron chi connectivity index (χ1n) is 9.14. The van der Waals surface area contributed by atoms with Gasteiger partial charge in [-0.05, 0) is 35.9 Å². The van der Waals surface area contributed by atoms with Crippen molar-refractivity contribution in [3.05, 3.63) is 78.2 Å². The number of aromatic nitrogens is 1. The number of carbonyl (C=O) groups excluding carboxylic acids is 1. The fourth-order valence-electron chi connectivity index (χ4n) is 2.62. The molecular formula is C22H21FN4O3. The van der Waals surface area contributed by atoms with Crippen LogP contribution in [0.15, 0.2) is 71.9 Å². The summed E-state index contributed by atoms with van der Waals surface area (Å²) in [5.74, 6) is 0.589. The zero-order chi connectivity index (χ0) is 21.3. The number of halogens is 1. The quantitative estimate of drug-likeness (QED) is 0.378. The van der Waals surface area contributed by atoms with Gasteiger partial charge in [0.1, 0.15) is 17.4 Å². The lowest BCUT2D eigenvalue weighted by atomic mass is 10.1. The van der Waals surface area contributed by atoms with Crippen LogP contribution in [0.1, 0.15) is 12.5 Å². The van der Waals surface area contributed by atoms with E-state index in [1.54, 1.807) is 31.5 Å². The van der Waals surface area contributed by atoms with Gasteiger partial charge < -0.3 is 14.9 Å². The van der Waals surface area contributed by atoms with Crippen LogP contribution in [0.4, 0.5) is 10.2 Å². The molecule has 0 bridgehead atoms. The van der Waals surface area contributed by atoms with E-state index in [2.05, 4.69) is 20.8 Å². The molecule has 0 saturated carbocycles. The maximum atomic E-state index is 13.1. The van der Waals surface area contributed by atoms with Gasteiger partial charge >= 0.3 is 5.97 Å². The summed E-state index contributed by atoms with van der Waals surface area (Å²) in [6, 6.07) is 17.2. The van der Waals surface area contributed by atoms with Gasteiger partial charge in [0.15, 0.2) is 0 Å². The van der Waals surface area contributed by atoms with Gasteiger partial charge in [-0.15, -0.1) is 0 Å². The van der Waals surface area contributed by atoms with Crippen LogP contribution in [0.5, 0.6) is 5.75 Å². The summed E-state index contributed by atoms with van der Waals surface area (Å²) in [6.45, 7) is 1.56. The van der Waals surface area contributed by atoms with Crippen molar-refractivity contribution in [3.63, 3.8) is 0 Å². The van der Waals surface area contributed by atoms with E-state index in [4.69, 9.17) is 9.57 Å². The molecule has 3 aromatic rings. The zero-order valence-corrected chi connectivity index (χ0v) is 16.6. The highest BCUT2D eigenvalue weighted by Crippen LogP contribution is 2.20. The number of benzene rings is 2. The van der Waals surface area contributed by atoms with Crippen molar-refractivity contribution in [3.8, 4) is 16.9 Å². The monoisotopic (exact) mass is 408 g/mol. The molecular weight excluding hydrogens is 387 g/mol. The van der Waals surface area contributed by atoms with Crippen molar-refractivity contribution in [1.82, 2.24) is 10.5 Å². The van der Waals surface area contributed by atoms with E-state index < -0.39 is 5.97 Å². The first-order chi connectivity index (χ1) is 14.5. The Morgan fingerprint density at radius 1 is 1.07 bits per heavy atom. The molecule has 0 amide bonds. The van der Waals surface area contributed by atoms with E-state index in [1.165, 1.54) is 19.1 Å². The molecule has 0 radical (unpaired) electrons. The summed E-state index contributed by atoms with van der Waals surface area (Å²) in [6.07, 6.45) is 1.65. The molecule has 2 N–H and O–H groups in total. The minimum Gasteiger partial charge on any atom is -0.496 e. The molecule has 8 heteroatoms. The van der Waals surface area contributed by atoms with Crippen molar-refractivity contribution in [2.75, 3.05) is 12.4 Å². The van der Waals surface area contributed by atoms with Crippen LogP contribution in [-0.2, 0) is 16.2 Å². The molecule has 0 aliphatic rings. The van der Waals surface area contributed by atoms with Crippen molar-refractivity contribution < 1.29 is 18.8 Å². The maximum Gasteiger partial charge on any atom is 0.329 e. The summed E-state index contributed by atoms with van der Waals surface area (Å²) >= 11 is 0. The summed E-state index contributed by atoms with van der Waals surface area (Å²) < 4.78 is 18.4. The second-order valence-corrected chi connectivity index (χ2v) is 6.24. The number of nitrogens with one attached hydrogen (secondary N) is 2. The van der Waals surface area contributed by atoms with E-state index in [1.807, 2.05) is 30.3 Å². The predicted octanol–water partition coefficient (Wildman–Crippen LogP) is 3.93. The first-order valence-corrected chi connectivity index (χ1v) is 9.14. The number of aliphatic imine (C=N–C) groups is 1. The molecule has 0 aliphatic carbocycles. The fourth-order valence-corrected chi connectivity index (χ4v) is 2.62. The number of hydroxylamine groups is 1. The average Bonchev–Trinajstić information content (AvgIpc) is 2.77. The highest BCUT2D eigenvalue weighted by molar-refractivity contribution is 5.92. The number of para-hydroxylation sites is 1. The topological polar surface area (TPSA) is 84.8 Å². The van der Waals surface area contributed by atoms with Gasteiger partial charge in [0.05, 0.1) is 13.7 Å². The van der Waals surface area contributed by atoms with Gasteiger partial charge in [-0.1, -0.05) is 30.3 Å². The molecule has 0 atom stereocenters. The molecule has 154 valence electrons. The molecule has 1 aromatic heterocycles. The minimum atomic E-state index is -0.513. The van der Waals surface area contributed by atoms with E-state index in [9.17, 15) is 9.18 Å². The first kappa shape index (κ1) is 20.8. The smallest absolute Gasteiger partial charge is 0.329 e. The van der Waals surface area contributed by atoms with Gasteiger partial charge in [-0.2, -0.15) is 5.48 Å². The molecule has 30 heavy (non-hydrogen) atoms. The summed E-state index contributed by atoms with van der Waals surface area (Å²) in [4.78, 5) is 24.8. The Morgan fingerprint density at radius 2 is 1.80 bits per heavy atom.